The van der Waals surface area contributed by atoms with Crippen LogP contribution in [0.1, 0.15) is 39.5 Å². The Morgan fingerprint density at radius 1 is 1.14 bits per heavy atom. The molecule has 2 nitrogen and oxygen atoms in total. The van der Waals surface area contributed by atoms with Crippen LogP contribution in [0.3, 0.4) is 0 Å². The van der Waals surface area contributed by atoms with Crippen molar-refractivity contribution in [2.45, 2.75) is 49.7 Å². The zero-order chi connectivity index (χ0) is 16.4. The summed E-state index contributed by atoms with van der Waals surface area (Å²) in [5.41, 5.74) is 2.98. The molecule has 0 amide bonds. The van der Waals surface area contributed by atoms with Crippen molar-refractivity contribution >= 4 is 9.84 Å². The second-order valence-corrected chi connectivity index (χ2v) is 7.88. The maximum atomic E-state index is 14.3. The monoisotopic (exact) mass is 326 g/mol. The van der Waals surface area contributed by atoms with E-state index in [1.54, 1.807) is 12.1 Å². The van der Waals surface area contributed by atoms with Crippen molar-refractivity contribution in [3.05, 3.63) is 53.1 Å². The average Bonchev–Trinajstić information content (AvgIpc) is 2.48. The molecule has 0 bridgehead atoms. The van der Waals surface area contributed by atoms with Crippen molar-refractivity contribution in [3.8, 4) is 0 Å². The molecule has 0 atom stereocenters. The highest BCUT2D eigenvalue weighted by Crippen LogP contribution is 2.38. The number of halogens is 2. The minimum atomic E-state index is -4.65. The molecule has 0 aromatic heterocycles. The molecule has 0 unspecified atom stereocenters. The molecule has 0 aliphatic heterocycles. The quantitative estimate of drug-likeness (QED) is 0.738. The van der Waals surface area contributed by atoms with Crippen LogP contribution in [-0.2, 0) is 9.84 Å². The number of hydrogen-bond acceptors (Lipinski definition) is 2. The van der Waals surface area contributed by atoms with Gasteiger partial charge in [0.2, 0.25) is 9.84 Å². The number of alkyl halides is 2. The minimum Gasteiger partial charge on any atom is -0.217 e. The van der Waals surface area contributed by atoms with Crippen LogP contribution < -0.4 is 0 Å². The van der Waals surface area contributed by atoms with Gasteiger partial charge in [0.15, 0.2) is 0 Å². The summed E-state index contributed by atoms with van der Waals surface area (Å²) < 4.78 is 52.8. The summed E-state index contributed by atoms with van der Waals surface area (Å²) in [5.74, 6) is 0. The Morgan fingerprint density at radius 2 is 1.77 bits per heavy atom. The molecule has 2 rings (SSSR count). The van der Waals surface area contributed by atoms with Crippen LogP contribution in [0, 0.1) is 0 Å². The topological polar surface area (TPSA) is 34.1 Å². The van der Waals surface area contributed by atoms with Crippen molar-refractivity contribution in [2.24, 2.45) is 0 Å². The SMILES string of the molecule is CC(C)=C1CC=C(CC(F)(F)S(=O)(=O)c2ccccc2)CC1. The second-order valence-electron chi connectivity index (χ2n) is 5.80. The molecular weight excluding hydrogens is 306 g/mol. The molecule has 0 fully saturated rings. The van der Waals surface area contributed by atoms with Gasteiger partial charge in [-0.05, 0) is 45.2 Å². The Labute approximate surface area is 130 Å². The van der Waals surface area contributed by atoms with Crippen molar-refractivity contribution < 1.29 is 17.2 Å². The first kappa shape index (κ1) is 16.9. The van der Waals surface area contributed by atoms with E-state index in [9.17, 15) is 17.2 Å². The smallest absolute Gasteiger partial charge is 0.217 e. The van der Waals surface area contributed by atoms with Gasteiger partial charge >= 0.3 is 5.25 Å². The van der Waals surface area contributed by atoms with Gasteiger partial charge in [0, 0.05) is 6.42 Å². The summed E-state index contributed by atoms with van der Waals surface area (Å²) in [6.45, 7) is 4.01. The molecule has 22 heavy (non-hydrogen) atoms. The van der Waals surface area contributed by atoms with Crippen molar-refractivity contribution in [3.63, 3.8) is 0 Å². The number of benzene rings is 1. The number of sulfone groups is 1. The fourth-order valence-corrected chi connectivity index (χ4v) is 3.76. The molecule has 120 valence electrons. The van der Waals surface area contributed by atoms with E-state index in [2.05, 4.69) is 0 Å². The molecule has 1 aromatic rings. The fourth-order valence-electron chi connectivity index (χ4n) is 2.53. The number of allylic oxidation sites excluding steroid dienone is 4. The Kier molecular flexibility index (Phi) is 4.85. The van der Waals surface area contributed by atoms with Gasteiger partial charge in [0.25, 0.3) is 0 Å². The lowest BCUT2D eigenvalue weighted by Crippen LogP contribution is -2.29. The van der Waals surface area contributed by atoms with E-state index in [-0.39, 0.29) is 4.90 Å². The molecule has 1 aliphatic rings. The Hall–Kier alpha value is -1.49. The number of hydrogen-bond donors (Lipinski definition) is 0. The van der Waals surface area contributed by atoms with Gasteiger partial charge in [-0.15, -0.1) is 0 Å². The minimum absolute atomic E-state index is 0.332. The Morgan fingerprint density at radius 3 is 2.27 bits per heavy atom. The molecule has 1 aliphatic carbocycles. The van der Waals surface area contributed by atoms with Crippen LogP contribution in [0.4, 0.5) is 8.78 Å². The molecule has 0 N–H and O–H groups in total. The lowest BCUT2D eigenvalue weighted by molar-refractivity contribution is 0.0912. The van der Waals surface area contributed by atoms with Crippen LogP contribution >= 0.6 is 0 Å². The first-order valence-corrected chi connectivity index (χ1v) is 8.73. The second kappa shape index (κ2) is 6.32. The summed E-state index contributed by atoms with van der Waals surface area (Å²) in [4.78, 5) is -0.332. The largest absolute Gasteiger partial charge is 0.353 e. The standard InChI is InChI=1S/C17H20F2O2S/c1-13(2)15-10-8-14(9-11-15)12-17(18,19)22(20,21)16-6-4-3-5-7-16/h3-8H,9-12H2,1-2H3. The summed E-state index contributed by atoms with van der Waals surface area (Å²) in [6.07, 6.45) is 2.90. The molecule has 0 heterocycles. The van der Waals surface area contributed by atoms with E-state index in [1.165, 1.54) is 35.4 Å². The highest BCUT2D eigenvalue weighted by molar-refractivity contribution is 7.92. The van der Waals surface area contributed by atoms with Crippen molar-refractivity contribution in [1.82, 2.24) is 0 Å². The molecule has 0 spiro atoms. The van der Waals surface area contributed by atoms with Crippen LogP contribution in [0.2, 0.25) is 0 Å². The molecule has 0 saturated heterocycles. The van der Waals surface area contributed by atoms with Crippen molar-refractivity contribution in [1.29, 1.82) is 0 Å². The highest BCUT2D eigenvalue weighted by Gasteiger charge is 2.46. The summed E-state index contributed by atoms with van der Waals surface area (Å²) >= 11 is 0. The first-order chi connectivity index (χ1) is 10.2. The van der Waals surface area contributed by atoms with Gasteiger partial charge in [0.05, 0.1) is 4.90 Å². The van der Waals surface area contributed by atoms with Crippen LogP contribution in [-0.4, -0.2) is 13.7 Å². The average molecular weight is 326 g/mol. The van der Waals surface area contributed by atoms with Gasteiger partial charge in [-0.1, -0.05) is 41.0 Å². The van der Waals surface area contributed by atoms with Crippen molar-refractivity contribution in [2.75, 3.05) is 0 Å². The molecule has 0 saturated carbocycles. The molecular formula is C17H20F2O2S. The molecule has 5 heteroatoms. The van der Waals surface area contributed by atoms with Gasteiger partial charge < -0.3 is 0 Å². The maximum absolute atomic E-state index is 14.3. The van der Waals surface area contributed by atoms with Crippen LogP contribution in [0.15, 0.2) is 58.0 Å². The predicted molar refractivity (Wildman–Crippen MR) is 83.5 cm³/mol. The van der Waals surface area contributed by atoms with E-state index in [1.807, 2.05) is 13.8 Å². The Balaban J connectivity index is 2.20. The van der Waals surface area contributed by atoms with E-state index in [0.717, 1.165) is 6.42 Å². The normalized spacial score (nSPS) is 16.4. The summed E-state index contributed by atoms with van der Waals surface area (Å²) in [7, 11) is -4.65. The van der Waals surface area contributed by atoms with Gasteiger partial charge in [-0.3, -0.25) is 0 Å². The van der Waals surface area contributed by atoms with E-state index >= 15 is 0 Å². The fraction of sp³-hybridized carbons (Fsp3) is 0.412. The van der Waals surface area contributed by atoms with Crippen LogP contribution in [0.25, 0.3) is 0 Å². The number of rotatable bonds is 4. The lowest BCUT2D eigenvalue weighted by Gasteiger charge is -2.22. The van der Waals surface area contributed by atoms with Crippen LogP contribution in [0.5, 0.6) is 0 Å². The lowest BCUT2D eigenvalue weighted by atomic mass is 9.91. The van der Waals surface area contributed by atoms with Gasteiger partial charge in [0.1, 0.15) is 0 Å². The predicted octanol–water partition coefficient (Wildman–Crippen LogP) is 4.89. The zero-order valence-corrected chi connectivity index (χ0v) is 13.6. The van der Waals surface area contributed by atoms with Gasteiger partial charge in [-0.2, -0.15) is 8.78 Å². The third-order valence-electron chi connectivity index (χ3n) is 3.97. The zero-order valence-electron chi connectivity index (χ0n) is 12.8. The third kappa shape index (κ3) is 3.46. The maximum Gasteiger partial charge on any atom is 0.353 e. The van der Waals surface area contributed by atoms with E-state index in [0.29, 0.717) is 18.4 Å². The summed E-state index contributed by atoms with van der Waals surface area (Å²) in [5, 5.41) is -3.78. The molecule has 0 radical (unpaired) electrons. The first-order valence-electron chi connectivity index (χ1n) is 7.24. The molecule has 1 aromatic carbocycles. The van der Waals surface area contributed by atoms with E-state index < -0.39 is 21.5 Å². The Bertz CT molecular complexity index is 697. The third-order valence-corrected chi connectivity index (χ3v) is 5.80. The highest BCUT2D eigenvalue weighted by atomic mass is 32.2. The van der Waals surface area contributed by atoms with E-state index in [4.69, 9.17) is 0 Å². The summed E-state index contributed by atoms with van der Waals surface area (Å²) in [6, 6.07) is 6.91. The van der Waals surface area contributed by atoms with Gasteiger partial charge in [-0.25, -0.2) is 8.42 Å².